The third-order valence-electron chi connectivity index (χ3n) is 5.17. The number of fused-ring (bicyclic) bond motifs is 1. The summed E-state index contributed by atoms with van der Waals surface area (Å²) >= 11 is 1.86. The first-order valence-corrected chi connectivity index (χ1v) is 11.1. The van der Waals surface area contributed by atoms with Crippen LogP contribution in [0.4, 0.5) is 11.4 Å². The average Bonchev–Trinajstić information content (AvgIpc) is 2.83. The Morgan fingerprint density at radius 3 is 2.35 bits per heavy atom. The molecule has 2 aromatic carbocycles. The van der Waals surface area contributed by atoms with Gasteiger partial charge in [0.1, 0.15) is 28.5 Å². The molecule has 1 aliphatic rings. The molecule has 1 aliphatic heterocycles. The van der Waals surface area contributed by atoms with Crippen LogP contribution in [-0.2, 0) is 0 Å². The normalized spacial score (nSPS) is 13.7. The highest BCUT2D eigenvalue weighted by molar-refractivity contribution is 7.99. The average molecular weight is 440 g/mol. The van der Waals surface area contributed by atoms with E-state index in [1.54, 1.807) is 27.4 Å². The Labute approximate surface area is 185 Å². The number of anilines is 2. The summed E-state index contributed by atoms with van der Waals surface area (Å²) in [6.45, 7) is 1.45. The molecule has 31 heavy (non-hydrogen) atoms. The van der Waals surface area contributed by atoms with Crippen molar-refractivity contribution in [1.82, 2.24) is 9.88 Å². The number of thioether (sulfide) groups is 1. The summed E-state index contributed by atoms with van der Waals surface area (Å²) in [6, 6.07) is 13.1. The van der Waals surface area contributed by atoms with Crippen molar-refractivity contribution in [3.8, 4) is 17.2 Å². The van der Waals surface area contributed by atoms with Gasteiger partial charge in [-0.15, -0.1) is 0 Å². The van der Waals surface area contributed by atoms with Crippen LogP contribution in [-0.4, -0.2) is 61.7 Å². The Morgan fingerprint density at radius 1 is 1.00 bits per heavy atom. The Kier molecular flexibility index (Phi) is 6.36. The fourth-order valence-corrected chi connectivity index (χ4v) is 4.47. The van der Waals surface area contributed by atoms with Crippen molar-refractivity contribution in [3.05, 3.63) is 48.2 Å². The fourth-order valence-electron chi connectivity index (χ4n) is 3.56. The number of para-hydroxylation sites is 1. The Morgan fingerprint density at radius 2 is 1.71 bits per heavy atom. The number of rotatable bonds is 6. The van der Waals surface area contributed by atoms with Crippen LogP contribution in [0.3, 0.4) is 0 Å². The summed E-state index contributed by atoms with van der Waals surface area (Å²) in [5.74, 6) is 3.76. The van der Waals surface area contributed by atoms with Gasteiger partial charge in [0.15, 0.2) is 0 Å². The van der Waals surface area contributed by atoms with Crippen LogP contribution >= 0.6 is 11.8 Å². The third-order valence-corrected chi connectivity index (χ3v) is 6.11. The minimum Gasteiger partial charge on any atom is -0.497 e. The van der Waals surface area contributed by atoms with Gasteiger partial charge < -0.3 is 24.4 Å². The van der Waals surface area contributed by atoms with Crippen LogP contribution < -0.4 is 19.5 Å². The summed E-state index contributed by atoms with van der Waals surface area (Å²) in [5, 5.41) is 4.27. The molecule has 2 heterocycles. The van der Waals surface area contributed by atoms with E-state index < -0.39 is 0 Å². The number of carbonyl (C=O) groups excluding carboxylic acids is 1. The third kappa shape index (κ3) is 4.49. The first kappa shape index (κ1) is 21.1. The number of nitrogens with one attached hydrogen (secondary N) is 1. The number of ether oxygens (including phenoxy) is 3. The van der Waals surface area contributed by atoms with E-state index in [9.17, 15) is 4.79 Å². The van der Waals surface area contributed by atoms with Crippen LogP contribution in [0, 0.1) is 0 Å². The summed E-state index contributed by atoms with van der Waals surface area (Å²) in [6.07, 6.45) is 0. The van der Waals surface area contributed by atoms with Gasteiger partial charge in [0.05, 0.1) is 27.0 Å². The second-order valence-corrected chi connectivity index (χ2v) is 8.27. The van der Waals surface area contributed by atoms with Crippen molar-refractivity contribution in [3.63, 3.8) is 0 Å². The van der Waals surface area contributed by atoms with E-state index in [2.05, 4.69) is 10.3 Å². The number of carbonyl (C=O) groups is 1. The molecule has 0 atom stereocenters. The Bertz CT molecular complexity index is 1080. The van der Waals surface area contributed by atoms with Crippen LogP contribution in [0.1, 0.15) is 10.5 Å². The summed E-state index contributed by atoms with van der Waals surface area (Å²) in [7, 11) is 4.82. The zero-order chi connectivity index (χ0) is 21.8. The monoisotopic (exact) mass is 439 g/mol. The molecule has 4 rings (SSSR count). The maximum absolute atomic E-state index is 13.2. The number of aromatic nitrogens is 1. The number of hydrogen-bond acceptors (Lipinski definition) is 7. The van der Waals surface area contributed by atoms with Crippen molar-refractivity contribution in [2.45, 2.75) is 0 Å². The first-order valence-electron chi connectivity index (χ1n) is 9.98. The summed E-state index contributed by atoms with van der Waals surface area (Å²) in [5.41, 5.74) is 2.56. The second kappa shape index (κ2) is 9.34. The molecule has 1 aromatic heterocycles. The Hall–Kier alpha value is -3.13. The fraction of sp³-hybridized carbons (Fsp3) is 0.304. The van der Waals surface area contributed by atoms with Gasteiger partial charge >= 0.3 is 0 Å². The van der Waals surface area contributed by atoms with Crippen molar-refractivity contribution in [2.75, 3.05) is 51.2 Å². The highest BCUT2D eigenvalue weighted by Crippen LogP contribution is 2.34. The smallest absolute Gasteiger partial charge is 0.272 e. The number of hydrogen-bond donors (Lipinski definition) is 1. The van der Waals surface area contributed by atoms with Crippen LogP contribution in [0.25, 0.3) is 10.9 Å². The zero-order valence-electron chi connectivity index (χ0n) is 17.8. The predicted molar refractivity (Wildman–Crippen MR) is 124 cm³/mol. The Balaban J connectivity index is 1.80. The zero-order valence-corrected chi connectivity index (χ0v) is 18.6. The molecule has 7 nitrogen and oxygen atoms in total. The van der Waals surface area contributed by atoms with E-state index in [-0.39, 0.29) is 5.91 Å². The van der Waals surface area contributed by atoms with Gasteiger partial charge in [-0.25, -0.2) is 4.98 Å². The van der Waals surface area contributed by atoms with E-state index in [0.717, 1.165) is 41.4 Å². The van der Waals surface area contributed by atoms with Crippen molar-refractivity contribution < 1.29 is 19.0 Å². The van der Waals surface area contributed by atoms with E-state index >= 15 is 0 Å². The molecule has 1 saturated heterocycles. The number of methoxy groups -OCH3 is 3. The van der Waals surface area contributed by atoms with Crippen molar-refractivity contribution >= 4 is 39.9 Å². The molecule has 8 heteroatoms. The molecular formula is C23H25N3O4S. The van der Waals surface area contributed by atoms with E-state index in [1.165, 1.54) is 0 Å². The van der Waals surface area contributed by atoms with Gasteiger partial charge in [-0.2, -0.15) is 11.8 Å². The molecule has 1 N–H and O–H groups in total. The van der Waals surface area contributed by atoms with Gasteiger partial charge in [0.2, 0.25) is 0 Å². The number of pyridine rings is 1. The van der Waals surface area contributed by atoms with Crippen LogP contribution in [0.15, 0.2) is 42.5 Å². The van der Waals surface area contributed by atoms with Gasteiger partial charge in [-0.05, 0) is 12.1 Å². The van der Waals surface area contributed by atoms with E-state index in [4.69, 9.17) is 14.2 Å². The molecule has 1 fully saturated rings. The maximum atomic E-state index is 13.2. The largest absolute Gasteiger partial charge is 0.497 e. The molecule has 0 unspecified atom stereocenters. The standard InChI is InChI=1S/C23H25N3O4S/c1-28-16-11-15(12-17(13-16)29-2)24-19-14-20(23(27)26-7-9-31-10-8-26)25-22-18(19)5-4-6-21(22)30-3/h4-6,11-14H,7-10H2,1-3H3,(H,24,25). The number of benzene rings is 2. The quantitative estimate of drug-likeness (QED) is 0.617. The van der Waals surface area contributed by atoms with Gasteiger partial charge in [-0.3, -0.25) is 4.79 Å². The first-order chi connectivity index (χ1) is 15.1. The lowest BCUT2D eigenvalue weighted by Crippen LogP contribution is -2.38. The van der Waals surface area contributed by atoms with E-state index in [0.29, 0.717) is 28.5 Å². The molecule has 0 bridgehead atoms. The highest BCUT2D eigenvalue weighted by atomic mass is 32.2. The lowest BCUT2D eigenvalue weighted by atomic mass is 10.1. The molecule has 162 valence electrons. The predicted octanol–water partition coefficient (Wildman–Crippen LogP) is 4.19. The minimum absolute atomic E-state index is 0.0700. The minimum atomic E-state index is -0.0700. The van der Waals surface area contributed by atoms with Crippen molar-refractivity contribution in [2.24, 2.45) is 0 Å². The summed E-state index contributed by atoms with van der Waals surface area (Å²) < 4.78 is 16.3. The molecule has 3 aromatic rings. The van der Waals surface area contributed by atoms with Gasteiger partial charge in [-0.1, -0.05) is 12.1 Å². The lowest BCUT2D eigenvalue weighted by molar-refractivity contribution is 0.0767. The maximum Gasteiger partial charge on any atom is 0.272 e. The topological polar surface area (TPSA) is 72.9 Å². The molecule has 0 radical (unpaired) electrons. The lowest BCUT2D eigenvalue weighted by Gasteiger charge is -2.26. The van der Waals surface area contributed by atoms with Crippen LogP contribution in [0.2, 0.25) is 0 Å². The van der Waals surface area contributed by atoms with E-state index in [1.807, 2.05) is 53.1 Å². The SMILES string of the molecule is COc1cc(Nc2cc(C(=O)N3CCSCC3)nc3c(OC)cccc23)cc(OC)c1. The van der Waals surface area contributed by atoms with Crippen LogP contribution in [0.5, 0.6) is 17.2 Å². The number of nitrogens with zero attached hydrogens (tertiary/aromatic N) is 2. The second-order valence-electron chi connectivity index (χ2n) is 7.04. The van der Waals surface area contributed by atoms with Gasteiger partial charge in [0.25, 0.3) is 5.91 Å². The highest BCUT2D eigenvalue weighted by Gasteiger charge is 2.22. The molecule has 0 aliphatic carbocycles. The molecular weight excluding hydrogens is 414 g/mol. The summed E-state index contributed by atoms with van der Waals surface area (Å²) in [4.78, 5) is 19.7. The molecule has 0 saturated carbocycles. The van der Waals surface area contributed by atoms with Gasteiger partial charge in [0, 0.05) is 53.9 Å². The van der Waals surface area contributed by atoms with Crippen molar-refractivity contribution in [1.29, 1.82) is 0 Å². The number of amides is 1. The molecule has 0 spiro atoms. The molecule has 1 amide bonds.